The summed E-state index contributed by atoms with van der Waals surface area (Å²) < 4.78 is 7.62. The molecule has 0 spiro atoms. The van der Waals surface area contributed by atoms with Crippen LogP contribution in [0, 0.1) is 0 Å². The van der Waals surface area contributed by atoms with Crippen LogP contribution in [0.5, 0.6) is 5.75 Å². The van der Waals surface area contributed by atoms with Crippen LogP contribution >= 0.6 is 24.0 Å². The Morgan fingerprint density at radius 2 is 1.88 bits per heavy atom. The highest BCUT2D eigenvalue weighted by Crippen LogP contribution is 2.08. The second kappa shape index (κ2) is 10.6. The molecule has 0 saturated heterocycles. The number of halogens is 1. The largest absolute Gasteiger partial charge is 0.494 e. The van der Waals surface area contributed by atoms with E-state index in [0.29, 0.717) is 13.2 Å². The second-order valence-electron chi connectivity index (χ2n) is 5.41. The number of aromatic nitrogens is 3. The Morgan fingerprint density at radius 1 is 1.08 bits per heavy atom. The fourth-order valence-corrected chi connectivity index (χ4v) is 2.38. The maximum atomic E-state index is 5.67. The first-order chi connectivity index (χ1) is 12.4. The number of para-hydroxylation sites is 1. The molecule has 0 saturated carbocycles. The third-order valence-corrected chi connectivity index (χ3v) is 3.65. The molecule has 0 aliphatic rings. The standard InChI is InChI=1S/C18H22N6O.HI/c1-19-18(20-11-7-13-25-15-8-3-2-4-9-15)21-14-17-23-22-16-10-5-6-12-24(16)17;/h2-6,8-10,12H,7,11,13-14H2,1H3,(H2,19,20,21);1H. The molecule has 26 heavy (non-hydrogen) atoms. The molecule has 7 nitrogen and oxygen atoms in total. The van der Waals surface area contributed by atoms with Gasteiger partial charge < -0.3 is 15.4 Å². The molecule has 1 aromatic carbocycles. The number of benzene rings is 1. The van der Waals surface area contributed by atoms with Crippen LogP contribution in [0.3, 0.4) is 0 Å². The number of fused-ring (bicyclic) bond motifs is 1. The van der Waals surface area contributed by atoms with E-state index in [2.05, 4.69) is 25.8 Å². The third kappa shape index (κ3) is 5.58. The van der Waals surface area contributed by atoms with Gasteiger partial charge in [0.1, 0.15) is 5.75 Å². The Hall–Kier alpha value is -2.36. The molecular weight excluding hydrogens is 443 g/mol. The van der Waals surface area contributed by atoms with E-state index in [-0.39, 0.29) is 24.0 Å². The molecule has 3 rings (SSSR count). The molecule has 0 radical (unpaired) electrons. The quantitative estimate of drug-likeness (QED) is 0.242. The summed E-state index contributed by atoms with van der Waals surface area (Å²) in [4.78, 5) is 4.22. The van der Waals surface area contributed by atoms with E-state index in [1.165, 1.54) is 0 Å². The molecule has 0 aliphatic heterocycles. The highest BCUT2D eigenvalue weighted by Gasteiger charge is 2.05. The molecular formula is C18H23IN6O. The van der Waals surface area contributed by atoms with Gasteiger partial charge in [0.2, 0.25) is 0 Å². The Kier molecular flexibility index (Phi) is 8.13. The van der Waals surface area contributed by atoms with Gasteiger partial charge in [-0.05, 0) is 30.7 Å². The van der Waals surface area contributed by atoms with Crippen molar-refractivity contribution in [2.75, 3.05) is 20.2 Å². The van der Waals surface area contributed by atoms with Crippen LogP contribution in [0.25, 0.3) is 5.65 Å². The van der Waals surface area contributed by atoms with Crippen LogP contribution in [0.4, 0.5) is 0 Å². The number of hydrogen-bond donors (Lipinski definition) is 2. The summed E-state index contributed by atoms with van der Waals surface area (Å²) in [7, 11) is 1.75. The van der Waals surface area contributed by atoms with Crippen LogP contribution in [0.1, 0.15) is 12.2 Å². The van der Waals surface area contributed by atoms with Crippen molar-refractivity contribution in [1.29, 1.82) is 0 Å². The van der Waals surface area contributed by atoms with Crippen LogP contribution in [0.15, 0.2) is 59.7 Å². The molecule has 2 heterocycles. The van der Waals surface area contributed by atoms with Gasteiger partial charge in [0.05, 0.1) is 13.2 Å². The Bertz CT molecular complexity index is 821. The van der Waals surface area contributed by atoms with Gasteiger partial charge in [-0.2, -0.15) is 0 Å². The highest BCUT2D eigenvalue weighted by molar-refractivity contribution is 14.0. The van der Waals surface area contributed by atoms with Gasteiger partial charge in [0.25, 0.3) is 0 Å². The molecule has 0 unspecified atom stereocenters. The van der Waals surface area contributed by atoms with Crippen LogP contribution in [-0.2, 0) is 6.54 Å². The van der Waals surface area contributed by atoms with E-state index in [4.69, 9.17) is 4.74 Å². The van der Waals surface area contributed by atoms with Crippen molar-refractivity contribution in [3.8, 4) is 5.75 Å². The second-order valence-corrected chi connectivity index (χ2v) is 5.41. The average molecular weight is 466 g/mol. The van der Waals surface area contributed by atoms with Gasteiger partial charge in [-0.3, -0.25) is 9.39 Å². The van der Waals surface area contributed by atoms with E-state index in [1.807, 2.05) is 59.1 Å². The predicted molar refractivity (Wildman–Crippen MR) is 113 cm³/mol. The topological polar surface area (TPSA) is 75.8 Å². The first-order valence-corrected chi connectivity index (χ1v) is 8.28. The highest BCUT2D eigenvalue weighted by atomic mass is 127. The van der Waals surface area contributed by atoms with E-state index in [0.717, 1.165) is 36.1 Å². The first-order valence-electron chi connectivity index (χ1n) is 8.28. The lowest BCUT2D eigenvalue weighted by molar-refractivity contribution is 0.311. The number of nitrogens with one attached hydrogen (secondary N) is 2. The molecule has 0 amide bonds. The Balaban J connectivity index is 0.00000243. The summed E-state index contributed by atoms with van der Waals surface area (Å²) >= 11 is 0. The predicted octanol–water partition coefficient (Wildman–Crippen LogP) is 2.48. The number of nitrogens with zero attached hydrogens (tertiary/aromatic N) is 4. The Morgan fingerprint density at radius 3 is 2.69 bits per heavy atom. The molecule has 2 aromatic heterocycles. The van der Waals surface area contributed by atoms with E-state index >= 15 is 0 Å². The van der Waals surface area contributed by atoms with Crippen LogP contribution < -0.4 is 15.4 Å². The molecule has 3 aromatic rings. The van der Waals surface area contributed by atoms with Gasteiger partial charge in [0.15, 0.2) is 17.4 Å². The summed E-state index contributed by atoms with van der Waals surface area (Å²) in [6.07, 6.45) is 2.83. The number of ether oxygens (including phenoxy) is 1. The average Bonchev–Trinajstić information content (AvgIpc) is 3.08. The molecule has 0 aliphatic carbocycles. The zero-order chi connectivity index (χ0) is 17.3. The number of aliphatic imine (C=N–C) groups is 1. The van der Waals surface area contributed by atoms with Crippen LogP contribution in [-0.4, -0.2) is 40.8 Å². The maximum Gasteiger partial charge on any atom is 0.191 e. The summed E-state index contributed by atoms with van der Waals surface area (Å²) in [5.41, 5.74) is 0.834. The summed E-state index contributed by atoms with van der Waals surface area (Å²) in [6.45, 7) is 1.97. The fourth-order valence-electron chi connectivity index (χ4n) is 2.38. The maximum absolute atomic E-state index is 5.67. The Labute approximate surface area is 169 Å². The number of rotatable bonds is 7. The smallest absolute Gasteiger partial charge is 0.191 e. The lowest BCUT2D eigenvalue weighted by Crippen LogP contribution is -2.38. The normalized spacial score (nSPS) is 11.0. The zero-order valence-corrected chi connectivity index (χ0v) is 17.0. The summed E-state index contributed by atoms with van der Waals surface area (Å²) in [6, 6.07) is 15.6. The first kappa shape index (κ1) is 20.0. The van der Waals surface area contributed by atoms with E-state index in [9.17, 15) is 0 Å². The van der Waals surface area contributed by atoms with E-state index < -0.39 is 0 Å². The molecule has 0 fully saturated rings. The molecule has 0 atom stereocenters. The van der Waals surface area contributed by atoms with Gasteiger partial charge in [-0.25, -0.2) is 0 Å². The monoisotopic (exact) mass is 466 g/mol. The summed E-state index contributed by atoms with van der Waals surface area (Å²) in [5.74, 6) is 2.46. The van der Waals surface area contributed by atoms with Crippen molar-refractivity contribution in [3.05, 3.63) is 60.6 Å². The van der Waals surface area contributed by atoms with E-state index in [1.54, 1.807) is 7.05 Å². The van der Waals surface area contributed by atoms with Gasteiger partial charge >= 0.3 is 0 Å². The third-order valence-electron chi connectivity index (χ3n) is 3.65. The minimum atomic E-state index is 0. The van der Waals surface area contributed by atoms with Crippen molar-refractivity contribution in [1.82, 2.24) is 25.2 Å². The molecule has 2 N–H and O–H groups in total. The number of pyridine rings is 1. The molecule has 138 valence electrons. The fraction of sp³-hybridized carbons (Fsp3) is 0.278. The number of hydrogen-bond acceptors (Lipinski definition) is 4. The van der Waals surface area contributed by atoms with Gasteiger partial charge in [-0.15, -0.1) is 34.2 Å². The van der Waals surface area contributed by atoms with Gasteiger partial charge in [0, 0.05) is 19.8 Å². The number of guanidine groups is 1. The van der Waals surface area contributed by atoms with Crippen LogP contribution in [0.2, 0.25) is 0 Å². The van der Waals surface area contributed by atoms with Crippen molar-refractivity contribution in [3.63, 3.8) is 0 Å². The van der Waals surface area contributed by atoms with Gasteiger partial charge in [-0.1, -0.05) is 24.3 Å². The zero-order valence-electron chi connectivity index (χ0n) is 14.6. The molecule has 8 heteroatoms. The van der Waals surface area contributed by atoms with Crippen molar-refractivity contribution < 1.29 is 4.74 Å². The van der Waals surface area contributed by atoms with Crippen molar-refractivity contribution >= 4 is 35.6 Å². The minimum absolute atomic E-state index is 0. The minimum Gasteiger partial charge on any atom is -0.494 e. The van der Waals surface area contributed by atoms with Crippen molar-refractivity contribution in [2.45, 2.75) is 13.0 Å². The van der Waals surface area contributed by atoms with Crippen molar-refractivity contribution in [2.24, 2.45) is 4.99 Å². The lowest BCUT2D eigenvalue weighted by Gasteiger charge is -2.11. The SMILES string of the molecule is CN=C(NCCCOc1ccccc1)NCc1nnc2ccccn12.I. The lowest BCUT2D eigenvalue weighted by atomic mass is 10.3. The molecule has 0 bridgehead atoms. The summed E-state index contributed by atoms with van der Waals surface area (Å²) in [5, 5.41) is 14.8.